The van der Waals surface area contributed by atoms with Crippen LogP contribution < -0.4 is 0 Å². The van der Waals surface area contributed by atoms with Gasteiger partial charge in [-0.05, 0) is 36.8 Å². The van der Waals surface area contributed by atoms with Crippen LogP contribution in [0.5, 0.6) is 0 Å². The fourth-order valence-electron chi connectivity index (χ4n) is 2.23. The van der Waals surface area contributed by atoms with E-state index < -0.39 is 23.3 Å². The zero-order chi connectivity index (χ0) is 18.4. The summed E-state index contributed by atoms with van der Waals surface area (Å²) in [7, 11) is 0. The first-order chi connectivity index (χ1) is 11.8. The van der Waals surface area contributed by atoms with Crippen LogP contribution in [-0.2, 0) is 15.8 Å². The quantitative estimate of drug-likeness (QED) is 0.605. The molecule has 130 valence electrons. The third kappa shape index (κ3) is 4.86. The molecule has 0 saturated heterocycles. The summed E-state index contributed by atoms with van der Waals surface area (Å²) < 4.78 is 37.6. The number of hydrogen-bond acceptors (Lipinski definition) is 3. The molecule has 0 radical (unpaired) electrons. The van der Waals surface area contributed by atoms with E-state index in [9.17, 15) is 22.8 Å². The first-order valence-electron chi connectivity index (χ1n) is 7.67. The Morgan fingerprint density at radius 2 is 1.92 bits per heavy atom. The second-order valence-corrected chi connectivity index (χ2v) is 5.28. The number of rotatable bonds is 4. The van der Waals surface area contributed by atoms with Gasteiger partial charge in [0, 0.05) is 13.0 Å². The average Bonchev–Trinajstić information content (AvgIpc) is 2.75. The van der Waals surface area contributed by atoms with Gasteiger partial charge in [-0.3, -0.25) is 14.6 Å². The molecule has 3 nitrogen and oxygen atoms in total. The lowest BCUT2D eigenvalue weighted by molar-refractivity contribution is -0.137. The van der Waals surface area contributed by atoms with E-state index in [4.69, 9.17) is 0 Å². The van der Waals surface area contributed by atoms with Crippen LogP contribution in [0, 0.1) is 0 Å². The molecule has 1 aromatic carbocycles. The Morgan fingerprint density at radius 1 is 1.24 bits per heavy atom. The van der Waals surface area contributed by atoms with Gasteiger partial charge in [0.15, 0.2) is 5.78 Å². The molecule has 25 heavy (non-hydrogen) atoms. The summed E-state index contributed by atoms with van der Waals surface area (Å²) in [6.45, 7) is 2.24. The Labute approximate surface area is 143 Å². The lowest BCUT2D eigenvalue weighted by atomic mass is 10.0. The van der Waals surface area contributed by atoms with Crippen LogP contribution in [0.15, 0.2) is 59.1 Å². The molecule has 6 heteroatoms. The average molecular weight is 347 g/mol. The van der Waals surface area contributed by atoms with Gasteiger partial charge in [0.25, 0.3) is 0 Å². The fraction of sp³-hybridized carbons (Fsp3) is 0.211. The van der Waals surface area contributed by atoms with Crippen molar-refractivity contribution in [2.24, 2.45) is 4.99 Å². The highest BCUT2D eigenvalue weighted by atomic mass is 19.4. The van der Waals surface area contributed by atoms with Crippen LogP contribution in [0.4, 0.5) is 13.2 Å². The largest absolute Gasteiger partial charge is 0.416 e. The summed E-state index contributed by atoms with van der Waals surface area (Å²) in [5.74, 6) is -0.936. The molecule has 0 amide bonds. The van der Waals surface area contributed by atoms with Gasteiger partial charge in [0.05, 0.1) is 16.8 Å². The second kappa shape index (κ2) is 7.88. The van der Waals surface area contributed by atoms with Gasteiger partial charge in [-0.25, -0.2) is 0 Å². The minimum Gasteiger partial charge on any atom is -0.289 e. The van der Waals surface area contributed by atoms with E-state index in [1.54, 1.807) is 19.1 Å². The number of allylic oxidation sites excluding steroid dienone is 5. The Balaban J connectivity index is 2.17. The number of Topliss-reactive ketones (excluding diaryl/α,β-unsaturated/α-hetero) is 1. The van der Waals surface area contributed by atoms with E-state index in [-0.39, 0.29) is 5.57 Å². The summed E-state index contributed by atoms with van der Waals surface area (Å²) in [5, 5.41) is 0. The maximum atomic E-state index is 12.5. The van der Waals surface area contributed by atoms with E-state index >= 15 is 0 Å². The van der Waals surface area contributed by atoms with Gasteiger partial charge in [-0.2, -0.15) is 13.2 Å². The SMILES string of the molecule is CCN=C1CC=CC=C(C(=O)/C=C/c2ccc(C(F)(F)F)cc2)C1=O. The molecule has 0 aromatic heterocycles. The lowest BCUT2D eigenvalue weighted by Gasteiger charge is -2.06. The van der Waals surface area contributed by atoms with Crippen molar-refractivity contribution in [2.45, 2.75) is 19.5 Å². The maximum Gasteiger partial charge on any atom is 0.416 e. The van der Waals surface area contributed by atoms with Crippen LogP contribution in [0.2, 0.25) is 0 Å². The van der Waals surface area contributed by atoms with Crippen molar-refractivity contribution in [1.29, 1.82) is 0 Å². The molecule has 0 N–H and O–H groups in total. The predicted molar refractivity (Wildman–Crippen MR) is 90.3 cm³/mol. The van der Waals surface area contributed by atoms with Crippen molar-refractivity contribution in [3.05, 3.63) is 65.3 Å². The Morgan fingerprint density at radius 3 is 2.52 bits per heavy atom. The van der Waals surface area contributed by atoms with E-state index in [2.05, 4.69) is 4.99 Å². The van der Waals surface area contributed by atoms with Crippen molar-refractivity contribution in [2.75, 3.05) is 6.54 Å². The number of carbonyl (C=O) groups excluding carboxylic acids is 2. The van der Waals surface area contributed by atoms with Crippen molar-refractivity contribution >= 4 is 23.4 Å². The van der Waals surface area contributed by atoms with Gasteiger partial charge in [0.1, 0.15) is 0 Å². The second-order valence-electron chi connectivity index (χ2n) is 5.28. The molecule has 1 aliphatic rings. The molecule has 0 atom stereocenters. The number of benzene rings is 1. The number of alkyl halides is 3. The lowest BCUT2D eigenvalue weighted by Crippen LogP contribution is -2.20. The Bertz CT molecular complexity index is 782. The highest BCUT2D eigenvalue weighted by Crippen LogP contribution is 2.29. The van der Waals surface area contributed by atoms with E-state index in [0.717, 1.165) is 12.1 Å². The first-order valence-corrected chi connectivity index (χ1v) is 7.67. The number of halogens is 3. The smallest absolute Gasteiger partial charge is 0.289 e. The third-order valence-electron chi connectivity index (χ3n) is 3.50. The third-order valence-corrected chi connectivity index (χ3v) is 3.50. The molecule has 0 fully saturated rings. The standard InChI is InChI=1S/C19H16F3NO2/c1-2-23-16-6-4-3-5-15(18(16)25)17(24)12-9-13-7-10-14(11-8-13)19(20,21)22/h3-5,7-12H,2,6H2,1H3/b12-9+,23-16?. The minimum atomic E-state index is -4.41. The number of aliphatic imine (C=N–C) groups is 1. The Kier molecular flexibility index (Phi) is 5.85. The number of hydrogen-bond donors (Lipinski definition) is 0. The summed E-state index contributed by atoms with van der Waals surface area (Å²) in [6, 6.07) is 4.41. The molecule has 0 saturated carbocycles. The monoisotopic (exact) mass is 347 g/mol. The molecule has 0 heterocycles. The predicted octanol–water partition coefficient (Wildman–Crippen LogP) is 4.20. The summed E-state index contributed by atoms with van der Waals surface area (Å²) in [5.41, 5.74) is -0.0212. The number of carbonyl (C=O) groups is 2. The van der Waals surface area contributed by atoms with Gasteiger partial charge < -0.3 is 0 Å². The topological polar surface area (TPSA) is 46.5 Å². The van der Waals surface area contributed by atoms with Crippen LogP contribution in [-0.4, -0.2) is 23.8 Å². The van der Waals surface area contributed by atoms with Gasteiger partial charge in [-0.15, -0.1) is 0 Å². The summed E-state index contributed by atoms with van der Waals surface area (Å²) in [4.78, 5) is 28.7. The zero-order valence-corrected chi connectivity index (χ0v) is 13.5. The summed E-state index contributed by atoms with van der Waals surface area (Å²) in [6.07, 6.45) is 3.30. The minimum absolute atomic E-state index is 0.0101. The molecule has 0 spiro atoms. The molecule has 0 bridgehead atoms. The van der Waals surface area contributed by atoms with Crippen molar-refractivity contribution < 1.29 is 22.8 Å². The highest BCUT2D eigenvalue weighted by Gasteiger charge is 2.29. The molecular formula is C19H16F3NO2. The maximum absolute atomic E-state index is 12.5. The molecular weight excluding hydrogens is 331 g/mol. The fourth-order valence-corrected chi connectivity index (χ4v) is 2.23. The summed E-state index contributed by atoms with van der Waals surface area (Å²) >= 11 is 0. The normalized spacial score (nSPS) is 17.0. The van der Waals surface area contributed by atoms with Crippen molar-refractivity contribution in [3.8, 4) is 0 Å². The van der Waals surface area contributed by atoms with Crippen LogP contribution in [0.1, 0.15) is 24.5 Å². The van der Waals surface area contributed by atoms with Gasteiger partial charge in [0.2, 0.25) is 5.78 Å². The van der Waals surface area contributed by atoms with E-state index in [0.29, 0.717) is 24.2 Å². The van der Waals surface area contributed by atoms with Gasteiger partial charge in [-0.1, -0.05) is 30.4 Å². The van der Waals surface area contributed by atoms with Crippen LogP contribution in [0.25, 0.3) is 6.08 Å². The van der Waals surface area contributed by atoms with Crippen molar-refractivity contribution in [1.82, 2.24) is 0 Å². The molecule has 2 rings (SSSR count). The van der Waals surface area contributed by atoms with Crippen LogP contribution >= 0.6 is 0 Å². The van der Waals surface area contributed by atoms with E-state index in [1.807, 2.05) is 0 Å². The van der Waals surface area contributed by atoms with E-state index in [1.165, 1.54) is 30.4 Å². The first kappa shape index (κ1) is 18.6. The highest BCUT2D eigenvalue weighted by molar-refractivity contribution is 6.52. The Hall–Kier alpha value is -2.76. The molecule has 0 unspecified atom stereocenters. The number of nitrogens with zero attached hydrogens (tertiary/aromatic N) is 1. The molecule has 0 aliphatic heterocycles. The van der Waals surface area contributed by atoms with Gasteiger partial charge >= 0.3 is 6.18 Å². The molecule has 1 aliphatic carbocycles. The zero-order valence-electron chi connectivity index (χ0n) is 13.5. The number of ketones is 2. The van der Waals surface area contributed by atoms with Crippen LogP contribution in [0.3, 0.4) is 0 Å². The van der Waals surface area contributed by atoms with Crippen molar-refractivity contribution in [3.63, 3.8) is 0 Å². The molecule has 1 aromatic rings.